The van der Waals surface area contributed by atoms with Gasteiger partial charge >= 0.3 is 19.3 Å². The Labute approximate surface area is 578 Å². The van der Waals surface area contributed by atoms with Crippen molar-refractivity contribution in [1.29, 1.82) is 0 Å². The van der Waals surface area contributed by atoms with E-state index in [1.807, 2.05) is 78.2 Å². The molecule has 514 valence electrons. The molecule has 0 bridgehead atoms. The predicted octanol–water partition coefficient (Wildman–Crippen LogP) is 11.7. The number of hydrogen-bond donors (Lipinski definition) is 7. The standard InChI is InChI=1S/C23H29N5O.C18H27ClN4O2.C15H22BrClN4O2.C10H11NO.C3H7BO2/c24-13-15-7-9-28(10-8-15)22-21(16-1-2-16)14-25-23(27-22)26-19-5-3-18-12-20(29)6-4-17(18)11-19;1-18(2,3)25-17(24)21-10-12-6-8-23(9-7-12)15-14(13-4-5-13)11-20-16(19)22-15;1-15(2,3)23-14(22)19-8-10-4-6-21(7-5-10)12-11(16)9-18-13(17)20-12;11-9-3-1-8-6-10(12)4-2-7(8)5-9;5-4(6)3-1-2-3/h3,5,11,14-16H,1-2,4,6-10,12-13,24H2,(H,25,26,27);11-13H,4-10H2,1-3H3,(H,21,24);9-10H,4-8H2,1-3H3,(H,19,22);1,3,5H,2,4,6,11H2;3,5-6H,1-2H2. The number of aromatic nitrogens is 6. The second kappa shape index (κ2) is 33.7. The third kappa shape index (κ3) is 23.4. The Balaban J connectivity index is 0.000000149. The monoisotopic (exact) mass is 1410 g/mol. The van der Waals surface area contributed by atoms with Crippen LogP contribution in [0.3, 0.4) is 0 Å². The molecule has 95 heavy (non-hydrogen) atoms. The molecule has 0 unspecified atom stereocenters. The maximum atomic E-state index is 11.8. The molecule has 26 heteroatoms. The fourth-order valence-electron chi connectivity index (χ4n) is 12.2. The molecule has 0 spiro atoms. The first kappa shape index (κ1) is 72.8. The van der Waals surface area contributed by atoms with Gasteiger partial charge in [-0.25, -0.2) is 29.5 Å². The van der Waals surface area contributed by atoms with Crippen molar-refractivity contribution in [1.82, 2.24) is 40.5 Å². The summed E-state index contributed by atoms with van der Waals surface area (Å²) in [6, 6.07) is 12.0. The molecule has 3 saturated carbocycles. The molecule has 2 amide bonds. The summed E-state index contributed by atoms with van der Waals surface area (Å²) < 4.78 is 11.4. The Morgan fingerprint density at radius 3 is 1.49 bits per heavy atom. The van der Waals surface area contributed by atoms with Crippen LogP contribution >= 0.6 is 39.1 Å². The van der Waals surface area contributed by atoms with E-state index in [1.54, 1.807) is 6.20 Å². The Hall–Kier alpha value is -6.44. The van der Waals surface area contributed by atoms with Gasteiger partial charge < -0.3 is 61.6 Å². The van der Waals surface area contributed by atoms with E-state index in [-0.39, 0.29) is 23.3 Å². The fourth-order valence-corrected chi connectivity index (χ4v) is 12.9. The van der Waals surface area contributed by atoms with E-state index in [2.05, 4.69) is 83.6 Å². The SMILES string of the molecule is CC(C)(C)OC(=O)NCC1CCN(c2nc(Cl)ncc2Br)CC1.CC(C)(C)OC(=O)NCC1CCN(c2nc(Cl)ncc2C2CC2)CC1.NCC1CCN(c2nc(Nc3ccc4c(c3)CCC(=O)C4)ncc2C2CC2)CC1.Nc1ccc2c(c1)CCC(=O)C2.OB(O)C1CC1. The summed E-state index contributed by atoms with van der Waals surface area (Å²) in [5.41, 5.74) is 19.7. The number of benzene rings is 2. The number of ketones is 2. The number of nitrogens with two attached hydrogens (primary N) is 2. The van der Waals surface area contributed by atoms with E-state index in [1.165, 1.54) is 47.9 Å². The summed E-state index contributed by atoms with van der Waals surface area (Å²) >= 11 is 15.3. The van der Waals surface area contributed by atoms with E-state index in [0.29, 0.717) is 91.2 Å². The van der Waals surface area contributed by atoms with Gasteiger partial charge in [0.15, 0.2) is 0 Å². The fraction of sp³-hybridized carbons (Fsp3) is 0.594. The number of fused-ring (bicyclic) bond motifs is 2. The van der Waals surface area contributed by atoms with Gasteiger partial charge in [-0.15, -0.1) is 0 Å². The number of amides is 2. The van der Waals surface area contributed by atoms with Crippen molar-refractivity contribution in [2.24, 2.45) is 23.5 Å². The van der Waals surface area contributed by atoms with Crippen LogP contribution < -0.4 is 42.1 Å². The molecule has 13 rings (SSSR count). The minimum atomic E-state index is -1.04. The number of alkyl carbamates (subject to hydrolysis) is 2. The smallest absolute Gasteiger partial charge is 0.444 e. The lowest BCUT2D eigenvalue weighted by atomic mass is 9.84. The highest BCUT2D eigenvalue weighted by Crippen LogP contribution is 2.46. The Morgan fingerprint density at radius 2 is 1.03 bits per heavy atom. The lowest BCUT2D eigenvalue weighted by Crippen LogP contribution is -2.40. The molecular formula is C69H96BBrCl2N14O8. The quantitative estimate of drug-likeness (QED) is 0.0327. The molecule has 2 aromatic carbocycles. The lowest BCUT2D eigenvalue weighted by Gasteiger charge is -2.34. The van der Waals surface area contributed by atoms with Crippen molar-refractivity contribution >= 4 is 105 Å². The number of hydrogen-bond acceptors (Lipinski definition) is 20. The van der Waals surface area contributed by atoms with E-state index < -0.39 is 18.3 Å². The van der Waals surface area contributed by atoms with Gasteiger partial charge in [0, 0.05) is 119 Å². The number of ether oxygens (including phenoxy) is 2. The minimum Gasteiger partial charge on any atom is -0.444 e. The van der Waals surface area contributed by atoms with Crippen molar-refractivity contribution in [3.05, 3.63) is 103 Å². The zero-order valence-corrected chi connectivity index (χ0v) is 59.1. The number of anilines is 6. The first-order valence-electron chi connectivity index (χ1n) is 33.9. The first-order valence-corrected chi connectivity index (χ1v) is 35.5. The first-order chi connectivity index (χ1) is 45.3. The van der Waals surface area contributed by atoms with Gasteiger partial charge in [-0.3, -0.25) is 9.59 Å². The van der Waals surface area contributed by atoms with E-state index in [4.69, 9.17) is 59.2 Å². The molecule has 5 aromatic rings. The molecule has 9 N–H and O–H groups in total. The maximum Gasteiger partial charge on any atom is 0.454 e. The second-order valence-electron chi connectivity index (χ2n) is 28.4. The molecule has 6 heterocycles. The van der Waals surface area contributed by atoms with Crippen LogP contribution in [-0.2, 0) is 44.7 Å². The summed E-state index contributed by atoms with van der Waals surface area (Å²) in [6.07, 6.45) is 22.2. The highest BCUT2D eigenvalue weighted by atomic mass is 79.9. The van der Waals surface area contributed by atoms with Crippen LogP contribution in [0.2, 0.25) is 16.4 Å². The second-order valence-corrected chi connectivity index (χ2v) is 29.9. The van der Waals surface area contributed by atoms with Crippen molar-refractivity contribution in [3.63, 3.8) is 0 Å². The number of Topliss-reactive ketones (excluding diaryl/α,β-unsaturated/α-hetero) is 2. The number of piperidine rings is 3. The maximum absolute atomic E-state index is 11.8. The predicted molar refractivity (Wildman–Crippen MR) is 378 cm³/mol. The van der Waals surface area contributed by atoms with Crippen LogP contribution in [0.5, 0.6) is 0 Å². The van der Waals surface area contributed by atoms with E-state index >= 15 is 0 Å². The number of nitrogens with zero attached hydrogens (tertiary/aromatic N) is 9. The van der Waals surface area contributed by atoms with Crippen molar-refractivity contribution in [2.75, 3.05) is 84.7 Å². The molecule has 5 aliphatic carbocycles. The molecule has 8 aliphatic rings. The lowest BCUT2D eigenvalue weighted by molar-refractivity contribution is -0.119. The van der Waals surface area contributed by atoms with Crippen molar-refractivity contribution < 1.29 is 38.7 Å². The molecule has 22 nitrogen and oxygen atoms in total. The highest BCUT2D eigenvalue weighted by Gasteiger charge is 2.35. The van der Waals surface area contributed by atoms with Crippen molar-refractivity contribution in [2.45, 2.75) is 186 Å². The summed E-state index contributed by atoms with van der Waals surface area (Å²) in [4.78, 5) is 79.6. The van der Waals surface area contributed by atoms with Crippen LogP contribution in [0, 0.1) is 17.8 Å². The van der Waals surface area contributed by atoms with Gasteiger partial charge in [-0.2, -0.15) is 9.97 Å². The van der Waals surface area contributed by atoms with Gasteiger partial charge in [0.1, 0.15) is 40.2 Å². The van der Waals surface area contributed by atoms with Gasteiger partial charge in [-0.1, -0.05) is 25.0 Å². The van der Waals surface area contributed by atoms with Crippen LogP contribution in [0.4, 0.5) is 44.4 Å². The number of rotatable bonds is 13. The number of halogens is 3. The molecular weight excluding hydrogens is 1310 g/mol. The number of nitrogens with one attached hydrogen (secondary N) is 3. The summed E-state index contributed by atoms with van der Waals surface area (Å²) in [6.45, 7) is 18.9. The summed E-state index contributed by atoms with van der Waals surface area (Å²) in [5.74, 6) is 7.22. The Bertz CT molecular complexity index is 3420. The zero-order chi connectivity index (χ0) is 68.0. The molecule has 0 radical (unpaired) electrons. The summed E-state index contributed by atoms with van der Waals surface area (Å²) in [5, 5.41) is 26.2. The average molecular weight is 1410 g/mol. The molecule has 3 aliphatic heterocycles. The van der Waals surface area contributed by atoms with E-state index in [9.17, 15) is 19.2 Å². The van der Waals surface area contributed by atoms with Crippen LogP contribution in [0.15, 0.2) is 59.5 Å². The van der Waals surface area contributed by atoms with Crippen LogP contribution in [0.25, 0.3) is 0 Å². The van der Waals surface area contributed by atoms with Gasteiger partial charge in [0.25, 0.3) is 0 Å². The number of nitrogen functional groups attached to an aromatic ring is 1. The topological polar surface area (TPSA) is 302 Å². The largest absolute Gasteiger partial charge is 0.454 e. The number of carbonyl (C=O) groups is 4. The average Bonchev–Trinajstić information content (AvgIpc) is 1.72. The van der Waals surface area contributed by atoms with E-state index in [0.717, 1.165) is 154 Å². The third-order valence-electron chi connectivity index (χ3n) is 18.1. The third-order valence-corrected chi connectivity index (χ3v) is 19.0. The van der Waals surface area contributed by atoms with Crippen LogP contribution in [0.1, 0.15) is 177 Å². The molecule has 0 atom stereocenters. The normalized spacial score (nSPS) is 18.3. The molecule has 6 fully saturated rings. The van der Waals surface area contributed by atoms with Crippen molar-refractivity contribution in [3.8, 4) is 0 Å². The molecule has 3 saturated heterocycles. The van der Waals surface area contributed by atoms with Gasteiger partial charge in [0.2, 0.25) is 16.5 Å². The summed E-state index contributed by atoms with van der Waals surface area (Å²) in [7, 11) is -1.04. The minimum absolute atomic E-state index is 0.213. The Kier molecular flexibility index (Phi) is 25.8. The highest BCUT2D eigenvalue weighted by molar-refractivity contribution is 9.10. The molecule has 3 aromatic heterocycles. The number of aryl methyl sites for hydroxylation is 2. The van der Waals surface area contributed by atoms with Gasteiger partial charge in [0.05, 0.1) is 4.47 Å². The van der Waals surface area contributed by atoms with Gasteiger partial charge in [-0.05, 0) is 246 Å². The zero-order valence-electron chi connectivity index (χ0n) is 56.0. The van der Waals surface area contributed by atoms with Crippen LogP contribution in [-0.4, -0.2) is 141 Å². The Morgan fingerprint density at radius 1 is 0.589 bits per heavy atom. The number of carbonyl (C=O) groups excluding carboxylic acids is 4.